The molecule has 170 valence electrons. The first-order chi connectivity index (χ1) is 14.9. The van der Waals surface area contributed by atoms with E-state index in [1.807, 2.05) is 0 Å². The highest BCUT2D eigenvalue weighted by atomic mass is 79.9. The lowest BCUT2D eigenvalue weighted by Crippen LogP contribution is -2.16. The quantitative estimate of drug-likeness (QED) is 0.347. The van der Waals surface area contributed by atoms with Crippen molar-refractivity contribution in [2.75, 3.05) is 11.5 Å². The van der Waals surface area contributed by atoms with Gasteiger partial charge in [0.05, 0.1) is 24.2 Å². The Morgan fingerprint density at radius 3 is 2.50 bits per heavy atom. The van der Waals surface area contributed by atoms with Crippen molar-refractivity contribution in [3.8, 4) is 0 Å². The number of carbonyl (C=O) groups excluding carboxylic acids is 1. The second-order valence-corrected chi connectivity index (χ2v) is 7.59. The van der Waals surface area contributed by atoms with Gasteiger partial charge in [0.1, 0.15) is 5.69 Å². The molecule has 3 aromatic rings. The summed E-state index contributed by atoms with van der Waals surface area (Å²) in [7, 11) is 0. The van der Waals surface area contributed by atoms with Crippen LogP contribution in [-0.2, 0) is 30.2 Å². The molecular weight excluding hydrogens is 514 g/mol. The van der Waals surface area contributed by atoms with E-state index < -0.39 is 46.4 Å². The average molecular weight is 525 g/mol. The molecule has 3 heterocycles. The second kappa shape index (κ2) is 7.60. The zero-order chi connectivity index (χ0) is 23.4. The zero-order valence-corrected chi connectivity index (χ0v) is 17.5. The molecule has 4 rings (SSSR count). The van der Waals surface area contributed by atoms with Crippen molar-refractivity contribution in [3.63, 3.8) is 0 Å². The summed E-state index contributed by atoms with van der Waals surface area (Å²) < 4.78 is 90.6. The Labute approximate surface area is 183 Å². The first-order valence-electron chi connectivity index (χ1n) is 8.95. The van der Waals surface area contributed by atoms with Crippen LogP contribution in [0.2, 0.25) is 0 Å². The fraction of sp³-hybridized carbons (Fsp3) is 0.333. The first-order valence-corrected chi connectivity index (χ1v) is 9.74. The van der Waals surface area contributed by atoms with Crippen LogP contribution >= 0.6 is 15.9 Å². The number of esters is 1. The third kappa shape index (κ3) is 3.87. The maximum atomic E-state index is 13.6. The number of nitrogens with zero attached hydrogens (tertiary/aromatic N) is 4. The number of hydrogen-bond donors (Lipinski definition) is 0. The third-order valence-electron chi connectivity index (χ3n) is 4.67. The molecule has 1 aliphatic rings. The molecule has 0 N–H and O–H groups in total. The van der Waals surface area contributed by atoms with Crippen molar-refractivity contribution in [1.29, 1.82) is 0 Å². The summed E-state index contributed by atoms with van der Waals surface area (Å²) in [5.41, 5.74) is -2.98. The van der Waals surface area contributed by atoms with Gasteiger partial charge in [0.15, 0.2) is 0 Å². The Morgan fingerprint density at radius 1 is 1.16 bits per heavy atom. The minimum absolute atomic E-state index is 0.00414. The van der Waals surface area contributed by atoms with E-state index in [9.17, 15) is 31.1 Å². The van der Waals surface area contributed by atoms with Gasteiger partial charge in [0.2, 0.25) is 0 Å². The Bertz CT molecular complexity index is 1220. The van der Waals surface area contributed by atoms with Gasteiger partial charge in [-0.15, -0.1) is 0 Å². The van der Waals surface area contributed by atoms with E-state index in [0.717, 1.165) is 0 Å². The molecule has 0 spiro atoms. The largest absolute Gasteiger partial charge is 0.459 e. The molecule has 0 radical (unpaired) electrons. The fourth-order valence-corrected chi connectivity index (χ4v) is 4.04. The lowest BCUT2D eigenvalue weighted by molar-refractivity contribution is -0.144. The smallest absolute Gasteiger partial charge is 0.433 e. The highest BCUT2D eigenvalue weighted by Crippen LogP contribution is 2.44. The third-order valence-corrected chi connectivity index (χ3v) is 5.30. The van der Waals surface area contributed by atoms with Crippen molar-refractivity contribution in [3.05, 3.63) is 44.9 Å². The Hall–Kier alpha value is -2.90. The van der Waals surface area contributed by atoms with Gasteiger partial charge < -0.3 is 14.1 Å². The molecule has 0 atom stereocenters. The maximum absolute atomic E-state index is 13.6. The minimum atomic E-state index is -5.08. The molecule has 1 aliphatic heterocycles. The highest BCUT2D eigenvalue weighted by molar-refractivity contribution is 9.10. The molecule has 32 heavy (non-hydrogen) atoms. The van der Waals surface area contributed by atoms with Gasteiger partial charge in [0.25, 0.3) is 0 Å². The molecule has 0 amide bonds. The van der Waals surface area contributed by atoms with Gasteiger partial charge in [-0.2, -0.15) is 26.3 Å². The van der Waals surface area contributed by atoms with Crippen LogP contribution < -0.4 is 4.90 Å². The molecule has 0 aliphatic carbocycles. The van der Waals surface area contributed by atoms with Gasteiger partial charge in [-0.1, -0.05) is 26.1 Å². The summed E-state index contributed by atoms with van der Waals surface area (Å²) in [5, 5.41) is 6.79. The van der Waals surface area contributed by atoms with E-state index in [4.69, 9.17) is 9.15 Å². The van der Waals surface area contributed by atoms with Gasteiger partial charge in [-0.3, -0.25) is 0 Å². The fourth-order valence-electron chi connectivity index (χ4n) is 3.36. The molecule has 7 nitrogen and oxygen atoms in total. The second-order valence-electron chi connectivity index (χ2n) is 6.74. The van der Waals surface area contributed by atoms with Crippen molar-refractivity contribution in [1.82, 2.24) is 15.2 Å². The highest BCUT2D eigenvalue weighted by Gasteiger charge is 2.41. The number of carbonyl (C=O) groups is 1. The average Bonchev–Trinajstić information content (AvgIpc) is 3.33. The predicted molar refractivity (Wildman–Crippen MR) is 99.6 cm³/mol. The number of hydrogen-bond acceptors (Lipinski definition) is 7. The number of pyridine rings is 1. The summed E-state index contributed by atoms with van der Waals surface area (Å²) in [4.78, 5) is 16.6. The SMILES string of the molecule is CCOC(=O)c1nnc(N2Cc3cc(Br)c4c(C(F)(F)F)cc(C(F)(F)F)nc4c3C2)o1. The number of benzene rings is 1. The molecule has 1 aromatic carbocycles. The van der Waals surface area contributed by atoms with Crippen LogP contribution in [0.4, 0.5) is 32.4 Å². The van der Waals surface area contributed by atoms with Crippen molar-refractivity contribution >= 4 is 38.8 Å². The van der Waals surface area contributed by atoms with E-state index >= 15 is 0 Å². The van der Waals surface area contributed by atoms with Gasteiger partial charge >= 0.3 is 30.2 Å². The molecule has 0 saturated heterocycles. The zero-order valence-electron chi connectivity index (χ0n) is 15.9. The number of alkyl halides is 6. The van der Waals surface area contributed by atoms with E-state index in [-0.39, 0.29) is 41.8 Å². The Morgan fingerprint density at radius 2 is 1.88 bits per heavy atom. The van der Waals surface area contributed by atoms with Crippen LogP contribution in [0.25, 0.3) is 10.9 Å². The topological polar surface area (TPSA) is 81.4 Å². The van der Waals surface area contributed by atoms with E-state index in [1.165, 1.54) is 11.0 Å². The van der Waals surface area contributed by atoms with Gasteiger partial charge in [-0.25, -0.2) is 9.78 Å². The lowest BCUT2D eigenvalue weighted by atomic mass is 10.0. The number of aromatic nitrogens is 3. The van der Waals surface area contributed by atoms with Crippen molar-refractivity contribution in [2.45, 2.75) is 32.4 Å². The van der Waals surface area contributed by atoms with Crippen LogP contribution in [0.1, 0.15) is 40.0 Å². The normalized spacial score (nSPS) is 14.2. The van der Waals surface area contributed by atoms with E-state index in [0.29, 0.717) is 5.56 Å². The number of halogens is 7. The summed E-state index contributed by atoms with van der Waals surface area (Å²) in [6.07, 6.45) is -10.1. The summed E-state index contributed by atoms with van der Waals surface area (Å²) in [6, 6.07) is 1.23. The Kier molecular flexibility index (Phi) is 5.30. The molecule has 2 aromatic heterocycles. The molecule has 0 fully saturated rings. The number of rotatable bonds is 3. The van der Waals surface area contributed by atoms with Crippen molar-refractivity contribution < 1.29 is 40.3 Å². The number of ether oxygens (including phenoxy) is 1. The number of anilines is 1. The molecule has 0 unspecified atom stereocenters. The maximum Gasteiger partial charge on any atom is 0.433 e. The standard InChI is InChI=1S/C18H11BrF6N4O3/c1-2-31-15(30)14-27-28-16(32-14)29-5-7-3-10(19)12-9(17(20,21)22)4-11(18(23,24)25)26-13(12)8(7)6-29/h3-4H,2,5-6H2,1H3. The summed E-state index contributed by atoms with van der Waals surface area (Å²) in [5.74, 6) is -1.29. The van der Waals surface area contributed by atoms with Gasteiger partial charge in [0, 0.05) is 22.0 Å². The van der Waals surface area contributed by atoms with E-state index in [2.05, 4.69) is 31.1 Å². The summed E-state index contributed by atoms with van der Waals surface area (Å²) >= 11 is 3.03. The number of fused-ring (bicyclic) bond motifs is 3. The van der Waals surface area contributed by atoms with E-state index in [1.54, 1.807) is 6.92 Å². The van der Waals surface area contributed by atoms with Crippen molar-refractivity contribution in [2.24, 2.45) is 0 Å². The monoisotopic (exact) mass is 524 g/mol. The van der Waals surface area contributed by atoms with Gasteiger partial charge in [-0.05, 0) is 24.6 Å². The summed E-state index contributed by atoms with van der Waals surface area (Å²) in [6.45, 7) is 1.52. The Balaban J connectivity index is 1.83. The van der Waals surface area contributed by atoms with Crippen LogP contribution in [0, 0.1) is 0 Å². The molecule has 14 heteroatoms. The van der Waals surface area contributed by atoms with Crippen LogP contribution in [-0.4, -0.2) is 27.8 Å². The predicted octanol–water partition coefficient (Wildman–Crippen LogP) is 5.11. The molecular formula is C18H11BrF6N4O3. The lowest BCUT2D eigenvalue weighted by Gasteiger charge is -2.17. The van der Waals surface area contributed by atoms with Crippen LogP contribution in [0.3, 0.4) is 0 Å². The molecule has 0 bridgehead atoms. The minimum Gasteiger partial charge on any atom is -0.459 e. The van der Waals surface area contributed by atoms with Crippen LogP contribution in [0.15, 0.2) is 21.0 Å². The first kappa shape index (κ1) is 22.3. The van der Waals surface area contributed by atoms with Crippen LogP contribution in [0.5, 0.6) is 0 Å². The molecule has 0 saturated carbocycles.